The van der Waals surface area contributed by atoms with Gasteiger partial charge in [0.15, 0.2) is 0 Å². The maximum Gasteiger partial charge on any atom is 0.0702 e. The van der Waals surface area contributed by atoms with Gasteiger partial charge in [-0.3, -0.25) is 4.90 Å². The van der Waals surface area contributed by atoms with Crippen LogP contribution in [0.2, 0.25) is 0 Å². The van der Waals surface area contributed by atoms with E-state index >= 15 is 0 Å². The number of hydrogen-bond donors (Lipinski definition) is 0. The van der Waals surface area contributed by atoms with Gasteiger partial charge in [0.25, 0.3) is 0 Å². The highest BCUT2D eigenvalue weighted by molar-refractivity contribution is 6.20. The van der Waals surface area contributed by atoms with Crippen molar-refractivity contribution < 1.29 is 4.74 Å². The molecule has 3 unspecified atom stereocenters. The lowest BCUT2D eigenvalue weighted by Crippen LogP contribution is -2.47. The van der Waals surface area contributed by atoms with Crippen molar-refractivity contribution in [3.63, 3.8) is 0 Å². The van der Waals surface area contributed by atoms with Crippen molar-refractivity contribution in [1.29, 1.82) is 0 Å². The lowest BCUT2D eigenvalue weighted by Gasteiger charge is -2.39. The molecule has 3 aliphatic heterocycles. The zero-order valence-electron chi connectivity index (χ0n) is 9.91. The summed E-state index contributed by atoms with van der Waals surface area (Å²) in [6.45, 7) is 2.14. The zero-order chi connectivity index (χ0) is 11.0. The first-order valence-electron chi connectivity index (χ1n) is 6.84. The van der Waals surface area contributed by atoms with Crippen molar-refractivity contribution in [3.05, 3.63) is 0 Å². The number of rotatable bonds is 2. The van der Waals surface area contributed by atoms with E-state index < -0.39 is 0 Å². The van der Waals surface area contributed by atoms with Gasteiger partial charge in [0, 0.05) is 30.6 Å². The minimum absolute atomic E-state index is 0.432. The van der Waals surface area contributed by atoms with E-state index in [-0.39, 0.29) is 0 Å². The van der Waals surface area contributed by atoms with Gasteiger partial charge in [-0.25, -0.2) is 0 Å². The average Bonchev–Trinajstić information content (AvgIpc) is 2.54. The second kappa shape index (κ2) is 4.83. The van der Waals surface area contributed by atoms with Gasteiger partial charge in [0.2, 0.25) is 0 Å². The molecule has 3 aliphatic rings. The molecule has 0 amide bonds. The summed E-state index contributed by atoms with van der Waals surface area (Å²) in [6, 6.07) is 1.51. The van der Waals surface area contributed by atoms with Crippen molar-refractivity contribution in [1.82, 2.24) is 4.90 Å². The number of nitrogens with zero attached hydrogens (tertiary/aromatic N) is 1. The third-order valence-electron chi connectivity index (χ3n) is 4.52. The Labute approximate surface area is 103 Å². The molecule has 0 aromatic heterocycles. The molecular formula is C13H22ClNO. The summed E-state index contributed by atoms with van der Waals surface area (Å²) in [5.74, 6) is 0. The van der Waals surface area contributed by atoms with E-state index in [9.17, 15) is 0 Å². The van der Waals surface area contributed by atoms with Gasteiger partial charge in [0.05, 0.1) is 6.10 Å². The quantitative estimate of drug-likeness (QED) is 0.692. The number of fused-ring (bicyclic) bond motifs is 2. The summed E-state index contributed by atoms with van der Waals surface area (Å²) in [6.07, 6.45) is 9.50. The minimum Gasteiger partial charge on any atom is -0.377 e. The number of halogens is 1. The zero-order valence-corrected chi connectivity index (χ0v) is 10.7. The van der Waals surface area contributed by atoms with Gasteiger partial charge in [-0.15, -0.1) is 11.6 Å². The van der Waals surface area contributed by atoms with E-state index in [1.165, 1.54) is 51.5 Å². The minimum atomic E-state index is 0.432. The molecule has 3 heterocycles. The standard InChI is InChI=1S/C13H22ClNO/c14-10-7-11-4-5-12(8-10)15(11)9-13-3-1-2-6-16-13/h10-13H,1-9H2. The van der Waals surface area contributed by atoms with Crippen molar-refractivity contribution in [3.8, 4) is 0 Å². The molecule has 3 atom stereocenters. The van der Waals surface area contributed by atoms with Gasteiger partial charge in [-0.2, -0.15) is 0 Å². The molecule has 3 rings (SSSR count). The summed E-state index contributed by atoms with van der Waals surface area (Å²) < 4.78 is 5.86. The molecule has 0 spiro atoms. The molecule has 92 valence electrons. The van der Waals surface area contributed by atoms with E-state index in [1.807, 2.05) is 0 Å². The second-order valence-electron chi connectivity index (χ2n) is 5.64. The van der Waals surface area contributed by atoms with Gasteiger partial charge >= 0.3 is 0 Å². The second-order valence-corrected chi connectivity index (χ2v) is 6.26. The van der Waals surface area contributed by atoms with Crippen LogP contribution in [-0.4, -0.2) is 41.6 Å². The highest BCUT2D eigenvalue weighted by atomic mass is 35.5. The first-order chi connectivity index (χ1) is 7.83. The summed E-state index contributed by atoms with van der Waals surface area (Å²) in [4.78, 5) is 2.70. The maximum absolute atomic E-state index is 6.30. The Morgan fingerprint density at radius 3 is 2.44 bits per heavy atom. The highest BCUT2D eigenvalue weighted by Crippen LogP contribution is 2.38. The molecule has 2 nitrogen and oxygen atoms in total. The van der Waals surface area contributed by atoms with Gasteiger partial charge < -0.3 is 4.74 Å². The maximum atomic E-state index is 6.30. The predicted octanol–water partition coefficient (Wildman–Crippen LogP) is 2.79. The van der Waals surface area contributed by atoms with Crippen LogP contribution < -0.4 is 0 Å². The van der Waals surface area contributed by atoms with Crippen LogP contribution in [0.3, 0.4) is 0 Å². The van der Waals surface area contributed by atoms with Crippen LogP contribution in [0.25, 0.3) is 0 Å². The third-order valence-corrected chi connectivity index (χ3v) is 4.87. The van der Waals surface area contributed by atoms with Crippen molar-refractivity contribution in [2.75, 3.05) is 13.2 Å². The summed E-state index contributed by atoms with van der Waals surface area (Å²) in [5, 5.41) is 0.432. The fourth-order valence-electron chi connectivity index (χ4n) is 3.69. The van der Waals surface area contributed by atoms with E-state index in [2.05, 4.69) is 4.90 Å². The Kier molecular flexibility index (Phi) is 3.42. The fourth-order valence-corrected chi connectivity index (χ4v) is 4.10. The molecular weight excluding hydrogens is 222 g/mol. The van der Waals surface area contributed by atoms with Crippen LogP contribution in [0, 0.1) is 0 Å². The van der Waals surface area contributed by atoms with E-state index in [0.29, 0.717) is 11.5 Å². The lowest BCUT2D eigenvalue weighted by atomic mass is 10.0. The highest BCUT2D eigenvalue weighted by Gasteiger charge is 2.40. The Hall–Kier alpha value is 0.210. The fraction of sp³-hybridized carbons (Fsp3) is 1.00. The molecule has 3 saturated heterocycles. The van der Waals surface area contributed by atoms with Crippen molar-refractivity contribution in [2.24, 2.45) is 0 Å². The Bertz CT molecular complexity index is 228. The van der Waals surface area contributed by atoms with E-state index in [4.69, 9.17) is 16.3 Å². The first-order valence-corrected chi connectivity index (χ1v) is 7.28. The summed E-state index contributed by atoms with van der Waals surface area (Å²) in [5.41, 5.74) is 0. The molecule has 0 aliphatic carbocycles. The number of piperidine rings is 1. The van der Waals surface area contributed by atoms with Gasteiger partial charge in [-0.1, -0.05) is 0 Å². The van der Waals surface area contributed by atoms with Crippen molar-refractivity contribution >= 4 is 11.6 Å². The summed E-state index contributed by atoms with van der Waals surface area (Å²) >= 11 is 6.30. The van der Waals surface area contributed by atoms with Crippen LogP contribution in [0.15, 0.2) is 0 Å². The molecule has 0 aromatic carbocycles. The van der Waals surface area contributed by atoms with Crippen LogP contribution in [-0.2, 0) is 4.74 Å². The molecule has 0 aromatic rings. The largest absolute Gasteiger partial charge is 0.377 e. The van der Waals surface area contributed by atoms with Gasteiger partial charge in [0.1, 0.15) is 0 Å². The first kappa shape index (κ1) is 11.3. The Balaban J connectivity index is 1.58. The monoisotopic (exact) mass is 243 g/mol. The van der Waals surface area contributed by atoms with Gasteiger partial charge in [-0.05, 0) is 44.9 Å². The lowest BCUT2D eigenvalue weighted by molar-refractivity contribution is -0.0211. The number of alkyl halides is 1. The van der Waals surface area contributed by atoms with Crippen LogP contribution in [0.1, 0.15) is 44.9 Å². The average molecular weight is 244 g/mol. The molecule has 0 N–H and O–H groups in total. The van der Waals surface area contributed by atoms with Crippen LogP contribution in [0.4, 0.5) is 0 Å². The molecule has 3 fully saturated rings. The normalized spacial score (nSPS) is 44.8. The smallest absolute Gasteiger partial charge is 0.0702 e. The summed E-state index contributed by atoms with van der Waals surface area (Å²) in [7, 11) is 0. The van der Waals surface area contributed by atoms with Crippen LogP contribution in [0.5, 0.6) is 0 Å². The molecule has 0 saturated carbocycles. The topological polar surface area (TPSA) is 12.5 Å². The molecule has 16 heavy (non-hydrogen) atoms. The SMILES string of the molecule is ClC1CC2CCC(C1)N2CC1CCCCO1. The van der Waals surface area contributed by atoms with Crippen LogP contribution >= 0.6 is 11.6 Å². The molecule has 2 bridgehead atoms. The van der Waals surface area contributed by atoms with E-state index in [0.717, 1.165) is 18.7 Å². The Morgan fingerprint density at radius 1 is 1.06 bits per heavy atom. The van der Waals surface area contributed by atoms with Crippen molar-refractivity contribution in [2.45, 2.75) is 68.5 Å². The third kappa shape index (κ3) is 2.25. The predicted molar refractivity (Wildman–Crippen MR) is 66.0 cm³/mol. The molecule has 0 radical (unpaired) electrons. The number of ether oxygens (including phenoxy) is 1. The number of hydrogen-bond acceptors (Lipinski definition) is 2. The molecule has 3 heteroatoms. The van der Waals surface area contributed by atoms with E-state index in [1.54, 1.807) is 0 Å². The Morgan fingerprint density at radius 2 is 1.81 bits per heavy atom.